The molecule has 6 nitrogen and oxygen atoms in total. The van der Waals surface area contributed by atoms with E-state index in [1.54, 1.807) is 28.7 Å². The van der Waals surface area contributed by atoms with Crippen molar-refractivity contribution in [2.24, 2.45) is 0 Å². The lowest BCUT2D eigenvalue weighted by atomic mass is 9.94. The van der Waals surface area contributed by atoms with Gasteiger partial charge in [-0.1, -0.05) is 212 Å². The van der Waals surface area contributed by atoms with Crippen LogP contribution in [0.4, 0.5) is 5.69 Å². The van der Waals surface area contributed by atoms with Crippen molar-refractivity contribution in [1.82, 2.24) is 24.1 Å². The highest BCUT2D eigenvalue weighted by Crippen LogP contribution is 2.53. The van der Waals surface area contributed by atoms with Crippen LogP contribution in [0.5, 0.6) is 0 Å². The molecule has 5 heterocycles. The van der Waals surface area contributed by atoms with Gasteiger partial charge in [-0.05, 0) is 82.4 Å². The Kier molecular flexibility index (Phi) is 8.84. The summed E-state index contributed by atoms with van der Waals surface area (Å²) >= 11 is 3.28. The largest absolute Gasteiger partial charge is 0.318 e. The molecule has 0 spiro atoms. The second-order valence-electron chi connectivity index (χ2n) is 20.5. The number of benzene rings is 12. The molecule has 0 saturated carbocycles. The predicted octanol–water partition coefficient (Wildman–Crippen LogP) is 21.4. The highest BCUT2D eigenvalue weighted by Gasteiger charge is 2.31. The molecule has 0 saturated heterocycles. The fraction of sp³-hybridized carbons (Fsp3) is 0. The summed E-state index contributed by atoms with van der Waals surface area (Å²) in [5, 5.41) is 7.26. The topological polar surface area (TPSA) is 52.9 Å². The molecule has 0 N–H and O–H groups in total. The van der Waals surface area contributed by atoms with Gasteiger partial charge in [0.15, 0.2) is 17.5 Å². The Bertz CT molecular complexity index is 6080. The van der Waals surface area contributed by atoms with Crippen LogP contribution in [0, 0.1) is 6.57 Å². The minimum Gasteiger partial charge on any atom is -0.318 e. The first kappa shape index (κ1) is 38.8. The van der Waals surface area contributed by atoms with E-state index in [1.165, 1.54) is 0 Å². The number of hydrogen-bond donors (Lipinski definition) is 0. The Morgan fingerprint density at radius 1 is 0.357 bits per heavy atom. The van der Waals surface area contributed by atoms with Crippen molar-refractivity contribution in [2.75, 3.05) is 0 Å². The van der Waals surface area contributed by atoms with Crippen molar-refractivity contribution in [3.8, 4) is 78.9 Å². The third-order valence-corrected chi connectivity index (χ3v) is 18.4. The molecule has 17 aromatic rings. The molecule has 0 atom stereocenters. The van der Waals surface area contributed by atoms with Gasteiger partial charge < -0.3 is 9.13 Å². The maximum atomic E-state index is 9.56. The van der Waals surface area contributed by atoms with E-state index >= 15 is 0 Å². The lowest BCUT2D eigenvalue weighted by Gasteiger charge is -2.24. The van der Waals surface area contributed by atoms with Crippen LogP contribution >= 0.6 is 22.7 Å². The fourth-order valence-corrected chi connectivity index (χ4v) is 14.8. The van der Waals surface area contributed by atoms with Crippen LogP contribution in [-0.2, 0) is 0 Å². The molecule has 17 rings (SSSR count). The molecule has 0 radical (unpaired) electrons. The Balaban J connectivity index is 1.09. The summed E-state index contributed by atoms with van der Waals surface area (Å²) in [5.41, 5.74) is 8.44. The molecule has 8 heteroatoms. The number of aromatic nitrogens is 5. The molecule has 0 aliphatic heterocycles. The molecule has 0 aliphatic rings. The normalized spacial score (nSPS) is 13.5. The molecule has 12 aromatic carbocycles. The van der Waals surface area contributed by atoms with Crippen molar-refractivity contribution >= 4 is 112 Å². The van der Waals surface area contributed by atoms with Gasteiger partial charge in [-0.2, -0.15) is 0 Å². The van der Waals surface area contributed by atoms with Gasteiger partial charge in [0.25, 0.3) is 0 Å². The molecule has 0 aliphatic carbocycles. The molecule has 0 amide bonds. The number of nitrogens with zero attached hydrogens (tertiary/aromatic N) is 6. The Labute approximate surface area is 504 Å². The van der Waals surface area contributed by atoms with Crippen LogP contribution < -0.4 is 0 Å². The van der Waals surface area contributed by atoms with E-state index < -0.39 is 36.3 Å². The third-order valence-electron chi connectivity index (χ3n) is 15.9. The summed E-state index contributed by atoms with van der Waals surface area (Å²) in [7, 11) is 0. The molecule has 390 valence electrons. The third kappa shape index (κ3) is 7.43. The minimum atomic E-state index is -0.488. The first-order valence-electron chi connectivity index (χ1n) is 32.2. The van der Waals surface area contributed by atoms with E-state index in [9.17, 15) is 12.1 Å². The molecular formula is C76H44N6S2. The quantitative estimate of drug-likeness (QED) is 0.143. The van der Waals surface area contributed by atoms with Crippen LogP contribution in [0.2, 0.25) is 0 Å². The number of rotatable bonds is 8. The monoisotopic (exact) mass is 1110 g/mol. The maximum absolute atomic E-state index is 9.56. The van der Waals surface area contributed by atoms with E-state index in [0.717, 1.165) is 89.6 Å². The van der Waals surface area contributed by atoms with Gasteiger partial charge in [-0.15, -0.1) is 22.7 Å². The van der Waals surface area contributed by atoms with E-state index in [2.05, 4.69) is 62.5 Å². The van der Waals surface area contributed by atoms with Crippen molar-refractivity contribution in [1.29, 1.82) is 0 Å². The lowest BCUT2D eigenvalue weighted by Crippen LogP contribution is -2.08. The summed E-state index contributed by atoms with van der Waals surface area (Å²) in [6.45, 7) is 9.56. The van der Waals surface area contributed by atoms with Gasteiger partial charge in [-0.3, -0.25) is 0 Å². The maximum Gasteiger partial charge on any atom is 0.212 e. The second-order valence-corrected chi connectivity index (χ2v) is 22.6. The number of thiophene rings is 2. The molecule has 0 unspecified atom stereocenters. The average Bonchev–Trinajstić information content (AvgIpc) is 1.52. The molecule has 5 aromatic heterocycles. The zero-order valence-corrected chi connectivity index (χ0v) is 45.8. The minimum absolute atomic E-state index is 0.0618. The van der Waals surface area contributed by atoms with Gasteiger partial charge in [-0.25, -0.2) is 19.8 Å². The molecule has 0 bridgehead atoms. The summed E-state index contributed by atoms with van der Waals surface area (Å²) < 4.78 is 97.4. The Hall–Kier alpha value is -10.8. The highest BCUT2D eigenvalue weighted by molar-refractivity contribution is 7.27. The Morgan fingerprint density at radius 3 is 1.27 bits per heavy atom. The van der Waals surface area contributed by atoms with Crippen molar-refractivity contribution in [3.05, 3.63) is 278 Å². The first-order chi connectivity index (χ1) is 45.8. The fourth-order valence-electron chi connectivity index (χ4n) is 12.3. The molecular weight excluding hydrogens is 1060 g/mol. The summed E-state index contributed by atoms with van der Waals surface area (Å²) in [4.78, 5) is 20.6. The summed E-state index contributed by atoms with van der Waals surface area (Å²) in [6, 6.07) is 63.4. The van der Waals surface area contributed by atoms with Gasteiger partial charge in [0.2, 0.25) is 5.69 Å². The van der Waals surface area contributed by atoms with Crippen molar-refractivity contribution in [3.63, 3.8) is 0 Å². The zero-order valence-electron chi connectivity index (χ0n) is 54.1. The van der Waals surface area contributed by atoms with Crippen LogP contribution in [0.3, 0.4) is 0 Å². The summed E-state index contributed by atoms with van der Waals surface area (Å²) in [5.74, 6) is 1.06. The predicted molar refractivity (Wildman–Crippen MR) is 353 cm³/mol. The van der Waals surface area contributed by atoms with Gasteiger partial charge >= 0.3 is 0 Å². The standard InChI is InChI=1S/C76H44N6S2/c1-77-60-45-59(76-79-74(49-27-13-5-14-28-49)78-75(80-76)50-29-15-6-16-30-50)70(81-61-39-35-51(46-21-7-2-8-22-46)43-57(61)68-63(81)41-37-55-53-31-17-19-33-65(53)83-72(55)68)67(48-25-11-4-12-26-48)71(60)82-62-40-36-52(47-23-9-3-10-24-47)44-58(62)69-64(82)42-38-56-54-32-18-20-34-66(54)84-73(56)69/h2-45H/i2D,3D,7D,8D,9D,10D,21D,22D,23D,24D. The number of hydrogen-bond acceptors (Lipinski definition) is 5. The molecule has 84 heavy (non-hydrogen) atoms. The summed E-state index contributed by atoms with van der Waals surface area (Å²) in [6.07, 6.45) is 0. The van der Waals surface area contributed by atoms with E-state index in [4.69, 9.17) is 23.2 Å². The zero-order chi connectivity index (χ0) is 64.1. The number of fused-ring (bicyclic) bond motifs is 14. The van der Waals surface area contributed by atoms with E-state index in [0.29, 0.717) is 56.3 Å². The van der Waals surface area contributed by atoms with Crippen LogP contribution in [-0.4, -0.2) is 24.1 Å². The van der Waals surface area contributed by atoms with E-state index in [1.807, 2.05) is 152 Å². The van der Waals surface area contributed by atoms with Gasteiger partial charge in [0.1, 0.15) is 0 Å². The highest BCUT2D eigenvalue weighted by atomic mass is 32.1. The Morgan fingerprint density at radius 2 is 0.786 bits per heavy atom. The smallest absolute Gasteiger partial charge is 0.212 e. The van der Waals surface area contributed by atoms with Gasteiger partial charge in [0, 0.05) is 84.1 Å². The second kappa shape index (κ2) is 19.2. The van der Waals surface area contributed by atoms with Crippen LogP contribution in [0.1, 0.15) is 13.7 Å². The first-order valence-corrected chi connectivity index (χ1v) is 28.8. The van der Waals surface area contributed by atoms with Crippen LogP contribution in [0.15, 0.2) is 267 Å². The van der Waals surface area contributed by atoms with Crippen molar-refractivity contribution in [2.45, 2.75) is 0 Å². The van der Waals surface area contributed by atoms with Crippen LogP contribution in [0.25, 0.3) is 168 Å². The van der Waals surface area contributed by atoms with E-state index in [-0.39, 0.29) is 46.8 Å². The molecule has 0 fully saturated rings. The van der Waals surface area contributed by atoms with Crippen molar-refractivity contribution < 1.29 is 13.7 Å². The average molecular weight is 1120 g/mol. The SMILES string of the molecule is [2H]c1c([2H])c([2H])c(-c2ccc3c(c2)c2c4sc5ccccc5c4ccc2n3-c2c([N+]#[C-])cc(-c3nc(-c4ccccc4)nc(-c4ccccc4)n3)c(-n3c4ccc(-c5c([2H])c([2H])c([2H])c([2H])c5[2H])cc4c4c5sc6ccccc6c5ccc43)c2-c2ccccc2)c([2H])c1[2H]. The lowest BCUT2D eigenvalue weighted by molar-refractivity contribution is 1.06. The van der Waals surface area contributed by atoms with Gasteiger partial charge in [0.05, 0.1) is 53.7 Å².